The Balaban J connectivity index is 2.47. The lowest BCUT2D eigenvalue weighted by molar-refractivity contribution is 0.0956. The number of nitrogens with one attached hydrogen (secondary N) is 1. The Bertz CT molecular complexity index is 608. The van der Waals surface area contributed by atoms with Crippen molar-refractivity contribution in [3.63, 3.8) is 0 Å². The Kier molecular flexibility index (Phi) is 2.00. The lowest BCUT2D eigenvalue weighted by Crippen LogP contribution is -2.24. The van der Waals surface area contributed by atoms with Crippen molar-refractivity contribution < 1.29 is 9.18 Å². The highest BCUT2D eigenvalue weighted by molar-refractivity contribution is 9.10. The van der Waals surface area contributed by atoms with E-state index in [0.717, 1.165) is 0 Å². The SMILES string of the molecule is O=C1NCCn2c(Br)nc3cc(F)cc1c32. The van der Waals surface area contributed by atoms with Crippen LogP contribution in [0.1, 0.15) is 10.4 Å². The number of benzene rings is 1. The number of rotatable bonds is 0. The second-order valence-electron chi connectivity index (χ2n) is 3.61. The fraction of sp³-hybridized carbons (Fsp3) is 0.200. The molecule has 4 nitrogen and oxygen atoms in total. The molecule has 1 N–H and O–H groups in total. The summed E-state index contributed by atoms with van der Waals surface area (Å²) in [5.74, 6) is -0.702. The van der Waals surface area contributed by atoms with Crippen LogP contribution in [0.4, 0.5) is 4.39 Å². The van der Waals surface area contributed by atoms with Crippen LogP contribution in [-0.4, -0.2) is 22.0 Å². The first-order valence-electron chi connectivity index (χ1n) is 4.80. The summed E-state index contributed by atoms with van der Waals surface area (Å²) in [6.07, 6.45) is 0. The van der Waals surface area contributed by atoms with Gasteiger partial charge in [-0.2, -0.15) is 0 Å². The molecule has 0 aliphatic carbocycles. The van der Waals surface area contributed by atoms with Crippen molar-refractivity contribution in [2.75, 3.05) is 6.54 Å². The lowest BCUT2D eigenvalue weighted by atomic mass is 10.1. The first-order chi connectivity index (χ1) is 7.66. The molecule has 16 heavy (non-hydrogen) atoms. The zero-order chi connectivity index (χ0) is 11.3. The molecule has 0 saturated heterocycles. The molecule has 3 rings (SSSR count). The van der Waals surface area contributed by atoms with Crippen LogP contribution in [0, 0.1) is 5.82 Å². The van der Waals surface area contributed by atoms with E-state index >= 15 is 0 Å². The molecule has 0 unspecified atom stereocenters. The second-order valence-corrected chi connectivity index (χ2v) is 4.32. The molecular weight excluding hydrogens is 277 g/mol. The highest BCUT2D eigenvalue weighted by Gasteiger charge is 2.21. The van der Waals surface area contributed by atoms with Crippen molar-refractivity contribution in [1.29, 1.82) is 0 Å². The third kappa shape index (κ3) is 1.26. The number of hydrogen-bond acceptors (Lipinski definition) is 2. The van der Waals surface area contributed by atoms with Gasteiger partial charge in [0.15, 0.2) is 4.73 Å². The molecule has 2 heterocycles. The maximum Gasteiger partial charge on any atom is 0.253 e. The third-order valence-corrected chi connectivity index (χ3v) is 3.23. The van der Waals surface area contributed by atoms with Gasteiger partial charge < -0.3 is 9.88 Å². The van der Waals surface area contributed by atoms with Crippen molar-refractivity contribution in [1.82, 2.24) is 14.9 Å². The number of carbonyl (C=O) groups excluding carboxylic acids is 1. The predicted molar refractivity (Wildman–Crippen MR) is 59.7 cm³/mol. The molecule has 82 valence electrons. The predicted octanol–water partition coefficient (Wildman–Crippen LogP) is 1.68. The zero-order valence-corrected chi connectivity index (χ0v) is 9.71. The smallest absolute Gasteiger partial charge is 0.253 e. The van der Waals surface area contributed by atoms with Crippen molar-refractivity contribution in [2.45, 2.75) is 6.54 Å². The number of halogens is 2. The third-order valence-electron chi connectivity index (χ3n) is 2.63. The van der Waals surface area contributed by atoms with E-state index in [-0.39, 0.29) is 5.91 Å². The van der Waals surface area contributed by atoms with E-state index < -0.39 is 5.82 Å². The summed E-state index contributed by atoms with van der Waals surface area (Å²) in [6.45, 7) is 1.14. The van der Waals surface area contributed by atoms with Gasteiger partial charge in [-0.05, 0) is 22.0 Å². The van der Waals surface area contributed by atoms with Crippen LogP contribution in [0.3, 0.4) is 0 Å². The second kappa shape index (κ2) is 3.28. The van der Waals surface area contributed by atoms with Gasteiger partial charge in [0.2, 0.25) is 0 Å². The van der Waals surface area contributed by atoms with Gasteiger partial charge in [-0.15, -0.1) is 0 Å². The number of imidazole rings is 1. The largest absolute Gasteiger partial charge is 0.350 e. The van der Waals surface area contributed by atoms with Crippen LogP contribution in [0.25, 0.3) is 11.0 Å². The van der Waals surface area contributed by atoms with Crippen LogP contribution < -0.4 is 5.32 Å². The standard InChI is InChI=1S/C10H7BrFN3O/c11-10-14-7-4-5(12)3-6-8(7)15(10)2-1-13-9(6)16/h3-4H,1-2H2,(H,13,16). The number of carbonyl (C=O) groups is 1. The van der Waals surface area contributed by atoms with Gasteiger partial charge >= 0.3 is 0 Å². The Morgan fingerprint density at radius 1 is 1.50 bits per heavy atom. The monoisotopic (exact) mass is 283 g/mol. The van der Waals surface area contributed by atoms with E-state index in [4.69, 9.17) is 0 Å². The zero-order valence-electron chi connectivity index (χ0n) is 8.13. The summed E-state index contributed by atoms with van der Waals surface area (Å²) in [5, 5.41) is 2.72. The summed E-state index contributed by atoms with van der Waals surface area (Å²) in [6, 6.07) is 2.58. The number of nitrogens with zero attached hydrogens (tertiary/aromatic N) is 2. The van der Waals surface area contributed by atoms with Crippen LogP contribution in [0.5, 0.6) is 0 Å². The minimum absolute atomic E-state index is 0.254. The van der Waals surface area contributed by atoms with Crippen LogP contribution in [0.2, 0.25) is 0 Å². The Labute approximate surface area is 98.6 Å². The molecule has 0 saturated carbocycles. The molecule has 1 aliphatic heterocycles. The maximum atomic E-state index is 13.3. The van der Waals surface area contributed by atoms with E-state index in [1.54, 1.807) is 0 Å². The minimum Gasteiger partial charge on any atom is -0.350 e. The van der Waals surface area contributed by atoms with E-state index in [9.17, 15) is 9.18 Å². The van der Waals surface area contributed by atoms with Gasteiger partial charge in [-0.3, -0.25) is 4.79 Å². The number of hydrogen-bond donors (Lipinski definition) is 1. The molecule has 0 bridgehead atoms. The molecule has 0 spiro atoms. The average Bonchev–Trinajstić information content (AvgIpc) is 2.42. The van der Waals surface area contributed by atoms with Gasteiger partial charge in [0, 0.05) is 19.2 Å². The van der Waals surface area contributed by atoms with Crippen molar-refractivity contribution >= 4 is 32.9 Å². The summed E-state index contributed by atoms with van der Waals surface area (Å²) in [4.78, 5) is 15.9. The van der Waals surface area contributed by atoms with Gasteiger partial charge in [0.25, 0.3) is 5.91 Å². The van der Waals surface area contributed by atoms with E-state index in [1.165, 1.54) is 12.1 Å². The summed E-state index contributed by atoms with van der Waals surface area (Å²) >= 11 is 3.31. The first kappa shape index (κ1) is 9.77. The van der Waals surface area contributed by atoms with Crippen molar-refractivity contribution in [2.24, 2.45) is 0 Å². The highest BCUT2D eigenvalue weighted by atomic mass is 79.9. The van der Waals surface area contributed by atoms with E-state index in [2.05, 4.69) is 26.2 Å². The Morgan fingerprint density at radius 3 is 3.12 bits per heavy atom. The molecule has 0 atom stereocenters. The molecule has 1 aromatic carbocycles. The molecule has 1 amide bonds. The number of amides is 1. The van der Waals surface area contributed by atoms with Gasteiger partial charge in [0.05, 0.1) is 16.6 Å². The lowest BCUT2D eigenvalue weighted by Gasteiger charge is -2.01. The van der Waals surface area contributed by atoms with Gasteiger partial charge in [0.1, 0.15) is 5.82 Å². The average molecular weight is 284 g/mol. The van der Waals surface area contributed by atoms with Crippen molar-refractivity contribution in [3.05, 3.63) is 28.2 Å². The van der Waals surface area contributed by atoms with E-state index in [0.29, 0.717) is 34.4 Å². The van der Waals surface area contributed by atoms with Crippen LogP contribution in [0.15, 0.2) is 16.9 Å². The first-order valence-corrected chi connectivity index (χ1v) is 5.59. The highest BCUT2D eigenvalue weighted by Crippen LogP contribution is 2.26. The molecule has 0 fully saturated rings. The van der Waals surface area contributed by atoms with Crippen LogP contribution in [-0.2, 0) is 6.54 Å². The summed E-state index contributed by atoms with van der Waals surface area (Å²) < 4.78 is 15.8. The molecule has 6 heteroatoms. The van der Waals surface area contributed by atoms with Gasteiger partial charge in [-0.25, -0.2) is 9.37 Å². The summed E-state index contributed by atoms with van der Waals surface area (Å²) in [5.41, 5.74) is 1.52. The molecule has 1 aromatic heterocycles. The number of aromatic nitrogens is 2. The van der Waals surface area contributed by atoms with Crippen LogP contribution >= 0.6 is 15.9 Å². The fourth-order valence-corrected chi connectivity index (χ4v) is 2.51. The fourth-order valence-electron chi connectivity index (χ4n) is 1.96. The quantitative estimate of drug-likeness (QED) is 0.800. The van der Waals surface area contributed by atoms with E-state index in [1.807, 2.05) is 4.57 Å². The minimum atomic E-state index is -0.448. The van der Waals surface area contributed by atoms with Crippen molar-refractivity contribution in [3.8, 4) is 0 Å². The van der Waals surface area contributed by atoms with Gasteiger partial charge in [-0.1, -0.05) is 0 Å². The molecule has 1 aliphatic rings. The normalized spacial score (nSPS) is 15.0. The molecule has 0 radical (unpaired) electrons. The summed E-state index contributed by atoms with van der Waals surface area (Å²) in [7, 11) is 0. The Hall–Kier alpha value is -1.43. The topological polar surface area (TPSA) is 46.9 Å². The molecule has 2 aromatic rings. The maximum absolute atomic E-state index is 13.3. The Morgan fingerprint density at radius 2 is 2.31 bits per heavy atom. The molecular formula is C10H7BrFN3O.